The van der Waals surface area contributed by atoms with E-state index >= 15 is 0 Å². The first-order chi connectivity index (χ1) is 8.16. The quantitative estimate of drug-likeness (QED) is 0.940. The normalized spacial score (nSPS) is 10.2. The van der Waals surface area contributed by atoms with E-state index in [-0.39, 0.29) is 0 Å². The molecule has 0 saturated heterocycles. The molecule has 0 fully saturated rings. The van der Waals surface area contributed by atoms with Crippen molar-refractivity contribution in [2.75, 3.05) is 5.73 Å². The number of nitrogens with zero attached hydrogens (tertiary/aromatic N) is 1. The predicted molar refractivity (Wildman–Crippen MR) is 72.1 cm³/mol. The Kier molecular flexibility index (Phi) is 3.86. The van der Waals surface area contributed by atoms with Gasteiger partial charge in [0.15, 0.2) is 11.6 Å². The van der Waals surface area contributed by atoms with Gasteiger partial charge in [-0.15, -0.1) is 0 Å². The van der Waals surface area contributed by atoms with E-state index in [9.17, 15) is 0 Å². The summed E-state index contributed by atoms with van der Waals surface area (Å²) in [5.41, 5.74) is 6.61. The van der Waals surface area contributed by atoms with Crippen LogP contribution in [-0.4, -0.2) is 4.98 Å². The molecule has 0 aliphatic heterocycles. The third-order valence-corrected chi connectivity index (χ3v) is 2.99. The smallest absolute Gasteiger partial charge is 0.166 e. The molecular formula is C12H10BrClN2O. The Bertz CT molecular complexity index is 534. The zero-order valence-electron chi connectivity index (χ0n) is 8.86. The summed E-state index contributed by atoms with van der Waals surface area (Å²) in [5.74, 6) is 0.902. The van der Waals surface area contributed by atoms with Gasteiger partial charge in [-0.1, -0.05) is 29.8 Å². The number of nitrogen functional groups attached to an aromatic ring is 1. The lowest BCUT2D eigenvalue weighted by molar-refractivity contribution is 0.307. The van der Waals surface area contributed by atoms with Gasteiger partial charge >= 0.3 is 0 Å². The summed E-state index contributed by atoms with van der Waals surface area (Å²) in [5, 5.41) is 0.675. The minimum Gasteiger partial charge on any atom is -0.485 e. The number of pyridine rings is 1. The van der Waals surface area contributed by atoms with E-state index in [1.54, 1.807) is 12.3 Å². The lowest BCUT2D eigenvalue weighted by atomic mass is 10.2. The topological polar surface area (TPSA) is 48.1 Å². The van der Waals surface area contributed by atoms with Crippen LogP contribution in [0, 0.1) is 0 Å². The Labute approximate surface area is 113 Å². The van der Waals surface area contributed by atoms with E-state index in [4.69, 9.17) is 22.1 Å². The van der Waals surface area contributed by atoms with Gasteiger partial charge in [0.05, 0.1) is 0 Å². The van der Waals surface area contributed by atoms with Gasteiger partial charge in [0.25, 0.3) is 0 Å². The Hall–Kier alpha value is -1.26. The van der Waals surface area contributed by atoms with Gasteiger partial charge in [0.1, 0.15) is 6.61 Å². The van der Waals surface area contributed by atoms with E-state index in [2.05, 4.69) is 20.9 Å². The largest absolute Gasteiger partial charge is 0.485 e. The van der Waals surface area contributed by atoms with Crippen molar-refractivity contribution in [3.8, 4) is 5.75 Å². The Morgan fingerprint density at radius 2 is 2.12 bits per heavy atom. The average molecular weight is 314 g/mol. The van der Waals surface area contributed by atoms with Crippen molar-refractivity contribution in [3.05, 3.63) is 51.6 Å². The number of rotatable bonds is 3. The summed E-state index contributed by atoms with van der Waals surface area (Å²) in [7, 11) is 0. The van der Waals surface area contributed by atoms with Gasteiger partial charge < -0.3 is 10.5 Å². The number of nitrogens with two attached hydrogens (primary N) is 1. The Balaban J connectivity index is 2.12. The third-order valence-electron chi connectivity index (χ3n) is 2.19. The van der Waals surface area contributed by atoms with Crippen LogP contribution in [0.2, 0.25) is 5.02 Å². The molecule has 0 saturated carbocycles. The van der Waals surface area contributed by atoms with Gasteiger partial charge in [0, 0.05) is 21.3 Å². The molecular weight excluding hydrogens is 304 g/mol. The van der Waals surface area contributed by atoms with Crippen molar-refractivity contribution in [1.29, 1.82) is 0 Å². The summed E-state index contributed by atoms with van der Waals surface area (Å²) < 4.78 is 6.40. The van der Waals surface area contributed by atoms with Crippen LogP contribution in [0.25, 0.3) is 0 Å². The molecule has 1 heterocycles. The van der Waals surface area contributed by atoms with Crippen LogP contribution in [0.15, 0.2) is 41.0 Å². The van der Waals surface area contributed by atoms with E-state index < -0.39 is 0 Å². The highest BCUT2D eigenvalue weighted by Crippen LogP contribution is 2.25. The highest BCUT2D eigenvalue weighted by Gasteiger charge is 2.05. The predicted octanol–water partition coefficient (Wildman–Crippen LogP) is 3.66. The first kappa shape index (κ1) is 12.2. The second-order valence-electron chi connectivity index (χ2n) is 3.42. The molecule has 0 bridgehead atoms. The summed E-state index contributed by atoms with van der Waals surface area (Å²) in [6.07, 6.45) is 1.62. The molecule has 2 N–H and O–H groups in total. The van der Waals surface area contributed by atoms with Crippen LogP contribution in [0.5, 0.6) is 5.75 Å². The van der Waals surface area contributed by atoms with Gasteiger partial charge in [0.2, 0.25) is 0 Å². The van der Waals surface area contributed by atoms with E-state index in [0.717, 1.165) is 10.0 Å². The van der Waals surface area contributed by atoms with Crippen molar-refractivity contribution >= 4 is 33.3 Å². The van der Waals surface area contributed by atoms with Gasteiger partial charge in [-0.05, 0) is 28.1 Å². The zero-order valence-corrected chi connectivity index (χ0v) is 11.2. The molecule has 3 nitrogen and oxygen atoms in total. The third kappa shape index (κ3) is 3.11. The Morgan fingerprint density at radius 1 is 1.35 bits per heavy atom. The van der Waals surface area contributed by atoms with Crippen LogP contribution in [-0.2, 0) is 6.61 Å². The maximum Gasteiger partial charge on any atom is 0.166 e. The molecule has 0 radical (unpaired) electrons. The summed E-state index contributed by atoms with van der Waals surface area (Å²) in [4.78, 5) is 3.99. The molecule has 2 aromatic rings. The van der Waals surface area contributed by atoms with Crippen molar-refractivity contribution in [2.45, 2.75) is 6.61 Å². The van der Waals surface area contributed by atoms with Crippen LogP contribution in [0.1, 0.15) is 5.56 Å². The lowest BCUT2D eigenvalue weighted by Gasteiger charge is -2.09. The maximum atomic E-state index is 6.03. The fourth-order valence-electron chi connectivity index (χ4n) is 1.32. The molecule has 2 rings (SSSR count). The number of aromatic nitrogens is 1. The fourth-order valence-corrected chi connectivity index (χ4v) is 1.82. The first-order valence-electron chi connectivity index (χ1n) is 4.94. The van der Waals surface area contributed by atoms with Crippen molar-refractivity contribution in [3.63, 3.8) is 0 Å². The van der Waals surface area contributed by atoms with E-state index in [1.807, 2.05) is 24.3 Å². The van der Waals surface area contributed by atoms with Gasteiger partial charge in [-0.25, -0.2) is 4.98 Å². The SMILES string of the molecule is Nc1ncc(Br)cc1OCc1ccccc1Cl. The minimum atomic E-state index is 0.361. The van der Waals surface area contributed by atoms with Gasteiger partial charge in [-0.2, -0.15) is 0 Å². The lowest BCUT2D eigenvalue weighted by Crippen LogP contribution is -2.00. The standard InChI is InChI=1S/C12H10BrClN2O/c13-9-5-11(12(15)16-6-9)17-7-8-3-1-2-4-10(8)14/h1-6H,7H2,(H2,15,16). The number of benzene rings is 1. The summed E-state index contributed by atoms with van der Waals surface area (Å²) >= 11 is 9.34. The number of anilines is 1. The summed E-state index contributed by atoms with van der Waals surface area (Å²) in [6.45, 7) is 0.363. The van der Waals surface area contributed by atoms with Gasteiger partial charge in [-0.3, -0.25) is 0 Å². The Morgan fingerprint density at radius 3 is 2.88 bits per heavy atom. The molecule has 0 unspecified atom stereocenters. The minimum absolute atomic E-state index is 0.361. The van der Waals surface area contributed by atoms with E-state index in [1.165, 1.54) is 0 Å². The number of halogens is 2. The molecule has 0 amide bonds. The van der Waals surface area contributed by atoms with Crippen LogP contribution in [0.4, 0.5) is 5.82 Å². The second-order valence-corrected chi connectivity index (χ2v) is 4.74. The number of ether oxygens (including phenoxy) is 1. The fraction of sp³-hybridized carbons (Fsp3) is 0.0833. The molecule has 0 aliphatic carbocycles. The molecule has 88 valence electrons. The van der Waals surface area contributed by atoms with Crippen LogP contribution in [0.3, 0.4) is 0 Å². The van der Waals surface area contributed by atoms with Crippen molar-refractivity contribution in [2.24, 2.45) is 0 Å². The molecule has 5 heteroatoms. The second kappa shape index (κ2) is 5.38. The molecule has 0 spiro atoms. The molecule has 1 aromatic carbocycles. The molecule has 0 atom stereocenters. The first-order valence-corrected chi connectivity index (χ1v) is 6.11. The van der Waals surface area contributed by atoms with E-state index in [0.29, 0.717) is 23.2 Å². The number of hydrogen-bond donors (Lipinski definition) is 1. The van der Waals surface area contributed by atoms with Crippen LogP contribution >= 0.6 is 27.5 Å². The highest BCUT2D eigenvalue weighted by atomic mass is 79.9. The average Bonchev–Trinajstić information content (AvgIpc) is 2.32. The monoisotopic (exact) mass is 312 g/mol. The summed E-state index contributed by atoms with van der Waals surface area (Å²) in [6, 6.07) is 9.29. The van der Waals surface area contributed by atoms with Crippen molar-refractivity contribution in [1.82, 2.24) is 4.98 Å². The number of hydrogen-bond acceptors (Lipinski definition) is 3. The zero-order chi connectivity index (χ0) is 12.3. The van der Waals surface area contributed by atoms with Crippen molar-refractivity contribution < 1.29 is 4.74 Å². The molecule has 0 aliphatic rings. The molecule has 1 aromatic heterocycles. The highest BCUT2D eigenvalue weighted by molar-refractivity contribution is 9.10. The molecule has 17 heavy (non-hydrogen) atoms. The maximum absolute atomic E-state index is 6.03. The van der Waals surface area contributed by atoms with Crippen LogP contribution < -0.4 is 10.5 Å².